The quantitative estimate of drug-likeness (QED) is 0.699. The minimum absolute atomic E-state index is 0.322. The van der Waals surface area contributed by atoms with Crippen LogP contribution < -0.4 is 10.1 Å². The number of nitrogens with zero attached hydrogens (tertiary/aromatic N) is 2. The van der Waals surface area contributed by atoms with Gasteiger partial charge in [-0.05, 0) is 66.6 Å². The van der Waals surface area contributed by atoms with Crippen molar-refractivity contribution in [1.29, 1.82) is 0 Å². The number of imide groups is 1. The maximum Gasteiger partial charge on any atom is 0.294 e. The SMILES string of the molecule is COc1ccc(NC(=O)CN2C(=O)S/C(=C/c3ccn(C4CCCC4)c3)C2=O)cc1. The molecule has 3 amide bonds. The summed E-state index contributed by atoms with van der Waals surface area (Å²) in [5, 5.41) is 2.25. The first-order valence-corrected chi connectivity index (χ1v) is 10.7. The first kappa shape index (κ1) is 20.3. The van der Waals surface area contributed by atoms with Gasteiger partial charge in [-0.2, -0.15) is 0 Å². The molecule has 156 valence electrons. The van der Waals surface area contributed by atoms with Gasteiger partial charge in [0.05, 0.1) is 12.0 Å². The number of aromatic nitrogens is 1. The number of carbonyl (C=O) groups is 3. The number of ether oxygens (including phenoxy) is 1. The van der Waals surface area contributed by atoms with Crippen molar-refractivity contribution in [3.05, 3.63) is 53.2 Å². The highest BCUT2D eigenvalue weighted by Gasteiger charge is 2.36. The molecule has 1 aromatic heterocycles. The lowest BCUT2D eigenvalue weighted by Crippen LogP contribution is -2.36. The van der Waals surface area contributed by atoms with Gasteiger partial charge in [0, 0.05) is 24.1 Å². The molecular weight excluding hydrogens is 402 g/mol. The maximum absolute atomic E-state index is 12.7. The fourth-order valence-electron chi connectivity index (χ4n) is 3.75. The van der Waals surface area contributed by atoms with Gasteiger partial charge < -0.3 is 14.6 Å². The summed E-state index contributed by atoms with van der Waals surface area (Å²) in [5.41, 5.74) is 1.45. The molecule has 1 N–H and O–H groups in total. The number of amides is 3. The molecule has 2 aromatic rings. The molecule has 2 fully saturated rings. The van der Waals surface area contributed by atoms with Crippen molar-refractivity contribution >= 4 is 40.6 Å². The minimum Gasteiger partial charge on any atom is -0.497 e. The molecule has 0 radical (unpaired) electrons. The fourth-order valence-corrected chi connectivity index (χ4v) is 4.59. The zero-order valence-electron chi connectivity index (χ0n) is 16.7. The predicted octanol–water partition coefficient (Wildman–Crippen LogP) is 4.29. The van der Waals surface area contributed by atoms with Crippen LogP contribution in [-0.2, 0) is 9.59 Å². The summed E-state index contributed by atoms with van der Waals surface area (Å²) in [6, 6.07) is 9.29. The maximum atomic E-state index is 12.7. The highest BCUT2D eigenvalue weighted by molar-refractivity contribution is 8.18. The van der Waals surface area contributed by atoms with Crippen molar-refractivity contribution in [3.63, 3.8) is 0 Å². The predicted molar refractivity (Wildman–Crippen MR) is 116 cm³/mol. The normalized spacial score (nSPS) is 18.4. The largest absolute Gasteiger partial charge is 0.497 e. The molecule has 0 bridgehead atoms. The Morgan fingerprint density at radius 3 is 2.63 bits per heavy atom. The van der Waals surface area contributed by atoms with Gasteiger partial charge in [-0.25, -0.2) is 0 Å². The molecule has 2 aliphatic rings. The molecule has 0 unspecified atom stereocenters. The van der Waals surface area contributed by atoms with Crippen molar-refractivity contribution in [3.8, 4) is 5.75 Å². The lowest BCUT2D eigenvalue weighted by atomic mass is 10.2. The highest BCUT2D eigenvalue weighted by Crippen LogP contribution is 2.33. The average Bonchev–Trinajstić information content (AvgIpc) is 3.47. The number of hydrogen-bond donors (Lipinski definition) is 1. The molecular formula is C22H23N3O4S. The second-order valence-corrected chi connectivity index (χ2v) is 8.37. The number of carbonyl (C=O) groups excluding carboxylic acids is 3. The van der Waals surface area contributed by atoms with Crippen molar-refractivity contribution in [2.75, 3.05) is 19.0 Å². The lowest BCUT2D eigenvalue weighted by molar-refractivity contribution is -0.127. The molecule has 1 saturated carbocycles. The number of nitrogens with one attached hydrogen (secondary N) is 1. The molecule has 1 aliphatic heterocycles. The van der Waals surface area contributed by atoms with E-state index in [0.717, 1.165) is 22.2 Å². The molecule has 1 aromatic carbocycles. The van der Waals surface area contributed by atoms with Crippen LogP contribution in [0.25, 0.3) is 6.08 Å². The Morgan fingerprint density at radius 2 is 1.93 bits per heavy atom. The number of thioether (sulfide) groups is 1. The Labute approximate surface area is 179 Å². The summed E-state index contributed by atoms with van der Waals surface area (Å²) < 4.78 is 7.27. The first-order valence-electron chi connectivity index (χ1n) is 9.90. The van der Waals surface area contributed by atoms with Gasteiger partial charge in [0.2, 0.25) is 5.91 Å². The van der Waals surface area contributed by atoms with Crippen LogP contribution in [0.4, 0.5) is 10.5 Å². The Bertz CT molecular complexity index is 990. The summed E-state index contributed by atoms with van der Waals surface area (Å²) in [6.45, 7) is -0.322. The van der Waals surface area contributed by atoms with Gasteiger partial charge in [-0.1, -0.05) is 12.8 Å². The summed E-state index contributed by atoms with van der Waals surface area (Å²) in [5.74, 6) is -0.203. The molecule has 2 heterocycles. The van der Waals surface area contributed by atoms with Gasteiger partial charge in [0.15, 0.2) is 0 Å². The van der Waals surface area contributed by atoms with E-state index < -0.39 is 17.1 Å². The summed E-state index contributed by atoms with van der Waals surface area (Å²) >= 11 is 0.864. The second-order valence-electron chi connectivity index (χ2n) is 7.37. The number of rotatable bonds is 6. The molecule has 1 saturated heterocycles. The van der Waals surface area contributed by atoms with Crippen LogP contribution in [0.1, 0.15) is 37.3 Å². The van der Waals surface area contributed by atoms with Crippen LogP contribution in [-0.4, -0.2) is 40.2 Å². The van der Waals surface area contributed by atoms with Crippen LogP contribution in [0.3, 0.4) is 0 Å². The topological polar surface area (TPSA) is 80.6 Å². The zero-order chi connectivity index (χ0) is 21.1. The van der Waals surface area contributed by atoms with E-state index in [1.165, 1.54) is 25.7 Å². The van der Waals surface area contributed by atoms with Crippen molar-refractivity contribution in [1.82, 2.24) is 9.47 Å². The Hall–Kier alpha value is -3.00. The Kier molecular flexibility index (Phi) is 5.94. The molecule has 0 spiro atoms. The molecule has 1 aliphatic carbocycles. The monoisotopic (exact) mass is 425 g/mol. The first-order chi connectivity index (χ1) is 14.5. The van der Waals surface area contributed by atoms with E-state index in [2.05, 4.69) is 9.88 Å². The summed E-state index contributed by atoms with van der Waals surface area (Å²) in [4.78, 5) is 38.6. The number of methoxy groups -OCH3 is 1. The number of hydrogen-bond acceptors (Lipinski definition) is 5. The van der Waals surface area contributed by atoms with Crippen molar-refractivity contribution in [2.45, 2.75) is 31.7 Å². The molecule has 4 rings (SSSR count). The summed E-state index contributed by atoms with van der Waals surface area (Å²) in [6.07, 6.45) is 10.6. The fraction of sp³-hybridized carbons (Fsp3) is 0.318. The van der Waals surface area contributed by atoms with Crippen LogP contribution in [0.5, 0.6) is 5.75 Å². The smallest absolute Gasteiger partial charge is 0.294 e. The van der Waals surface area contributed by atoms with E-state index in [1.54, 1.807) is 37.5 Å². The third-order valence-corrected chi connectivity index (χ3v) is 6.24. The van der Waals surface area contributed by atoms with Gasteiger partial charge in [-0.15, -0.1) is 0 Å². The van der Waals surface area contributed by atoms with Gasteiger partial charge >= 0.3 is 0 Å². The molecule has 7 nitrogen and oxygen atoms in total. The minimum atomic E-state index is -0.441. The van der Waals surface area contributed by atoms with Crippen LogP contribution >= 0.6 is 11.8 Å². The van der Waals surface area contributed by atoms with Crippen molar-refractivity contribution in [2.24, 2.45) is 0 Å². The summed E-state index contributed by atoms with van der Waals surface area (Å²) in [7, 11) is 1.56. The zero-order valence-corrected chi connectivity index (χ0v) is 17.5. The Morgan fingerprint density at radius 1 is 1.20 bits per heavy atom. The third-order valence-electron chi connectivity index (χ3n) is 5.33. The average molecular weight is 426 g/mol. The highest BCUT2D eigenvalue weighted by atomic mass is 32.2. The van der Waals surface area contributed by atoms with E-state index in [4.69, 9.17) is 4.74 Å². The van der Waals surface area contributed by atoms with E-state index >= 15 is 0 Å². The standard InChI is InChI=1S/C22H23N3O4S/c1-29-18-8-6-16(7-9-18)23-20(26)14-25-21(27)19(30-22(25)28)12-15-10-11-24(13-15)17-4-2-3-5-17/h6-13,17H,2-5,14H2,1H3,(H,23,26)/b19-12+. The number of anilines is 1. The van der Waals surface area contributed by atoms with Gasteiger partial charge in [-0.3, -0.25) is 19.3 Å². The lowest BCUT2D eigenvalue weighted by Gasteiger charge is -2.12. The second kappa shape index (κ2) is 8.79. The van der Waals surface area contributed by atoms with Crippen LogP contribution in [0.2, 0.25) is 0 Å². The van der Waals surface area contributed by atoms with Crippen LogP contribution in [0, 0.1) is 0 Å². The molecule has 30 heavy (non-hydrogen) atoms. The van der Waals surface area contributed by atoms with E-state index in [-0.39, 0.29) is 6.54 Å². The Balaban J connectivity index is 1.39. The molecule has 8 heteroatoms. The van der Waals surface area contributed by atoms with E-state index in [0.29, 0.717) is 22.4 Å². The van der Waals surface area contributed by atoms with E-state index in [9.17, 15) is 14.4 Å². The van der Waals surface area contributed by atoms with Gasteiger partial charge in [0.1, 0.15) is 12.3 Å². The number of benzene rings is 1. The molecule has 0 atom stereocenters. The van der Waals surface area contributed by atoms with E-state index in [1.807, 2.05) is 18.5 Å². The van der Waals surface area contributed by atoms with Crippen molar-refractivity contribution < 1.29 is 19.1 Å². The third kappa shape index (κ3) is 4.43. The van der Waals surface area contributed by atoms with Crippen LogP contribution in [0.15, 0.2) is 47.6 Å². The van der Waals surface area contributed by atoms with Gasteiger partial charge in [0.25, 0.3) is 11.1 Å².